The molecule has 28 heavy (non-hydrogen) atoms. The molecular formula is C20H22N4O4. The summed E-state index contributed by atoms with van der Waals surface area (Å²) in [5, 5.41) is 6.65. The van der Waals surface area contributed by atoms with Crippen molar-refractivity contribution in [1.82, 2.24) is 15.5 Å². The zero-order chi connectivity index (χ0) is 20.1. The van der Waals surface area contributed by atoms with Crippen LogP contribution in [0.3, 0.4) is 0 Å². The second-order valence-electron chi connectivity index (χ2n) is 6.22. The summed E-state index contributed by atoms with van der Waals surface area (Å²) in [6.45, 7) is 0.231. The van der Waals surface area contributed by atoms with Gasteiger partial charge in [-0.05, 0) is 42.5 Å². The quantitative estimate of drug-likeness (QED) is 0.672. The number of nitrogens with one attached hydrogen (secondary N) is 1. The number of amides is 1. The largest absolute Gasteiger partial charge is 0.497 e. The molecule has 0 spiro atoms. The fourth-order valence-electron chi connectivity index (χ4n) is 2.61. The summed E-state index contributed by atoms with van der Waals surface area (Å²) in [5.41, 5.74) is 2.59. The summed E-state index contributed by atoms with van der Waals surface area (Å²) in [6.07, 6.45) is 0. The topological polar surface area (TPSA) is 89.7 Å². The van der Waals surface area contributed by atoms with E-state index in [2.05, 4.69) is 15.5 Å². The molecule has 0 unspecified atom stereocenters. The van der Waals surface area contributed by atoms with Crippen LogP contribution < -0.4 is 19.7 Å². The van der Waals surface area contributed by atoms with Gasteiger partial charge in [-0.1, -0.05) is 5.16 Å². The van der Waals surface area contributed by atoms with Crippen molar-refractivity contribution < 1.29 is 18.8 Å². The van der Waals surface area contributed by atoms with E-state index in [9.17, 15) is 4.79 Å². The van der Waals surface area contributed by atoms with Crippen LogP contribution in [0, 0.1) is 0 Å². The van der Waals surface area contributed by atoms with Gasteiger partial charge in [0.25, 0.3) is 0 Å². The number of carbonyl (C=O) groups is 1. The number of methoxy groups -OCH3 is 2. The summed E-state index contributed by atoms with van der Waals surface area (Å²) in [6, 6.07) is 13.0. The highest BCUT2D eigenvalue weighted by atomic mass is 16.5. The summed E-state index contributed by atoms with van der Waals surface area (Å²) < 4.78 is 15.6. The number of rotatable bonds is 7. The standard InChI is InChI=1S/C20H22N4O4/c1-24(2)15-7-5-13(6-8-15)18-22-20(28-23-18)19(25)21-12-14-11-16(26-3)9-10-17(14)27-4/h5-11H,12H2,1-4H3,(H,21,25). The number of hydrogen-bond acceptors (Lipinski definition) is 7. The van der Waals surface area contributed by atoms with Gasteiger partial charge in [0, 0.05) is 37.5 Å². The number of nitrogens with zero attached hydrogens (tertiary/aromatic N) is 3. The lowest BCUT2D eigenvalue weighted by Gasteiger charge is -2.11. The molecule has 0 fully saturated rings. The SMILES string of the molecule is COc1ccc(OC)c(CNC(=O)c2nc(-c3ccc(N(C)C)cc3)no2)c1. The van der Waals surface area contributed by atoms with Crippen LogP contribution in [0.5, 0.6) is 11.5 Å². The Labute approximate surface area is 163 Å². The van der Waals surface area contributed by atoms with E-state index in [0.29, 0.717) is 17.3 Å². The van der Waals surface area contributed by atoms with E-state index < -0.39 is 5.91 Å². The molecule has 8 heteroatoms. The summed E-state index contributed by atoms with van der Waals surface area (Å²) in [4.78, 5) is 18.6. The first-order chi connectivity index (χ1) is 13.5. The third kappa shape index (κ3) is 4.22. The maximum Gasteiger partial charge on any atom is 0.316 e. The molecule has 0 atom stereocenters. The predicted molar refractivity (Wildman–Crippen MR) is 105 cm³/mol. The van der Waals surface area contributed by atoms with Crippen LogP contribution in [0.1, 0.15) is 16.2 Å². The van der Waals surface area contributed by atoms with Crippen molar-refractivity contribution in [1.29, 1.82) is 0 Å². The van der Waals surface area contributed by atoms with Gasteiger partial charge in [0.1, 0.15) is 11.5 Å². The van der Waals surface area contributed by atoms with Crippen molar-refractivity contribution in [3.63, 3.8) is 0 Å². The first-order valence-electron chi connectivity index (χ1n) is 8.62. The molecule has 146 valence electrons. The predicted octanol–water partition coefficient (Wildman–Crippen LogP) is 2.75. The van der Waals surface area contributed by atoms with Gasteiger partial charge in [-0.3, -0.25) is 4.79 Å². The second-order valence-corrected chi connectivity index (χ2v) is 6.22. The summed E-state index contributed by atoms with van der Waals surface area (Å²) in [7, 11) is 7.07. The molecule has 2 aromatic carbocycles. The molecule has 0 aliphatic carbocycles. The molecule has 0 bridgehead atoms. The highest BCUT2D eigenvalue weighted by Gasteiger charge is 2.17. The average Bonchev–Trinajstić information content (AvgIpc) is 3.22. The van der Waals surface area contributed by atoms with Crippen molar-refractivity contribution in [2.45, 2.75) is 6.54 Å². The Bertz CT molecular complexity index is 951. The third-order valence-electron chi connectivity index (χ3n) is 4.19. The first kappa shape index (κ1) is 19.2. The molecule has 0 radical (unpaired) electrons. The highest BCUT2D eigenvalue weighted by molar-refractivity contribution is 5.89. The Morgan fingerprint density at radius 2 is 1.86 bits per heavy atom. The Balaban J connectivity index is 1.69. The molecule has 0 saturated carbocycles. The fourth-order valence-corrected chi connectivity index (χ4v) is 2.61. The van der Waals surface area contributed by atoms with E-state index in [0.717, 1.165) is 16.8 Å². The monoisotopic (exact) mass is 382 g/mol. The zero-order valence-corrected chi connectivity index (χ0v) is 16.2. The van der Waals surface area contributed by atoms with Gasteiger partial charge in [0.05, 0.1) is 14.2 Å². The molecule has 1 aromatic heterocycles. The van der Waals surface area contributed by atoms with Crippen LogP contribution >= 0.6 is 0 Å². The molecule has 3 rings (SSSR count). The van der Waals surface area contributed by atoms with Crippen LogP contribution in [0.15, 0.2) is 47.0 Å². The molecule has 8 nitrogen and oxygen atoms in total. The van der Waals surface area contributed by atoms with Crippen LogP contribution in [0.25, 0.3) is 11.4 Å². The molecule has 1 amide bonds. The number of hydrogen-bond donors (Lipinski definition) is 1. The van der Waals surface area contributed by atoms with Crippen LogP contribution in [0.2, 0.25) is 0 Å². The number of ether oxygens (including phenoxy) is 2. The van der Waals surface area contributed by atoms with Crippen molar-refractivity contribution in [2.75, 3.05) is 33.2 Å². The fraction of sp³-hybridized carbons (Fsp3) is 0.250. The molecule has 3 aromatic rings. The first-order valence-corrected chi connectivity index (χ1v) is 8.62. The minimum absolute atomic E-state index is 0.103. The maximum absolute atomic E-state index is 12.4. The number of anilines is 1. The van der Waals surface area contributed by atoms with E-state index in [1.807, 2.05) is 43.3 Å². The van der Waals surface area contributed by atoms with Gasteiger partial charge in [-0.25, -0.2) is 0 Å². The lowest BCUT2D eigenvalue weighted by molar-refractivity contribution is 0.0906. The van der Waals surface area contributed by atoms with E-state index in [1.54, 1.807) is 32.4 Å². The number of aromatic nitrogens is 2. The van der Waals surface area contributed by atoms with Crippen LogP contribution in [-0.4, -0.2) is 44.4 Å². The van der Waals surface area contributed by atoms with Gasteiger partial charge < -0.3 is 24.2 Å². The Morgan fingerprint density at radius 3 is 2.50 bits per heavy atom. The minimum Gasteiger partial charge on any atom is -0.497 e. The second kappa shape index (κ2) is 8.43. The molecule has 1 heterocycles. The van der Waals surface area contributed by atoms with E-state index >= 15 is 0 Å². The van der Waals surface area contributed by atoms with Gasteiger partial charge in [0.15, 0.2) is 0 Å². The van der Waals surface area contributed by atoms with Crippen LogP contribution in [0.4, 0.5) is 5.69 Å². The van der Waals surface area contributed by atoms with Crippen molar-refractivity contribution in [3.8, 4) is 22.9 Å². The lowest BCUT2D eigenvalue weighted by atomic mass is 10.2. The van der Waals surface area contributed by atoms with E-state index in [4.69, 9.17) is 14.0 Å². The van der Waals surface area contributed by atoms with Gasteiger partial charge >= 0.3 is 11.8 Å². The van der Waals surface area contributed by atoms with Crippen molar-refractivity contribution >= 4 is 11.6 Å². The molecule has 1 N–H and O–H groups in total. The Morgan fingerprint density at radius 1 is 1.11 bits per heavy atom. The average molecular weight is 382 g/mol. The van der Waals surface area contributed by atoms with Crippen molar-refractivity contribution in [3.05, 3.63) is 53.9 Å². The third-order valence-corrected chi connectivity index (χ3v) is 4.19. The normalized spacial score (nSPS) is 10.4. The summed E-state index contributed by atoms with van der Waals surface area (Å²) in [5.74, 6) is 1.11. The lowest BCUT2D eigenvalue weighted by Crippen LogP contribution is -2.23. The van der Waals surface area contributed by atoms with Gasteiger partial charge in [0.2, 0.25) is 5.82 Å². The zero-order valence-electron chi connectivity index (χ0n) is 16.2. The van der Waals surface area contributed by atoms with Gasteiger partial charge in [-0.15, -0.1) is 0 Å². The molecule has 0 aliphatic heterocycles. The Hall–Kier alpha value is -3.55. The Kier molecular flexibility index (Phi) is 5.78. The van der Waals surface area contributed by atoms with E-state index in [1.165, 1.54) is 0 Å². The number of benzene rings is 2. The summed E-state index contributed by atoms with van der Waals surface area (Å²) >= 11 is 0. The smallest absolute Gasteiger partial charge is 0.316 e. The minimum atomic E-state index is -0.464. The highest BCUT2D eigenvalue weighted by Crippen LogP contribution is 2.24. The van der Waals surface area contributed by atoms with Crippen LogP contribution in [-0.2, 0) is 6.54 Å². The number of carbonyl (C=O) groups excluding carboxylic acids is 1. The molecule has 0 saturated heterocycles. The maximum atomic E-state index is 12.4. The van der Waals surface area contributed by atoms with E-state index in [-0.39, 0.29) is 12.4 Å². The molecule has 0 aliphatic rings. The van der Waals surface area contributed by atoms with Crippen molar-refractivity contribution in [2.24, 2.45) is 0 Å². The molecular weight excluding hydrogens is 360 g/mol. The van der Waals surface area contributed by atoms with Gasteiger partial charge in [-0.2, -0.15) is 4.98 Å².